The van der Waals surface area contributed by atoms with E-state index in [9.17, 15) is 9.18 Å². The highest BCUT2D eigenvalue weighted by atomic mass is 19.1. The second kappa shape index (κ2) is 9.11. The highest BCUT2D eigenvalue weighted by Crippen LogP contribution is 2.25. The molecule has 0 aliphatic carbocycles. The van der Waals surface area contributed by atoms with E-state index in [2.05, 4.69) is 0 Å². The third-order valence-electron chi connectivity index (χ3n) is 4.44. The van der Waals surface area contributed by atoms with Crippen molar-refractivity contribution >= 4 is 5.97 Å². The zero-order chi connectivity index (χ0) is 17.5. The molecular weight excluding hydrogens is 313 g/mol. The van der Waals surface area contributed by atoms with Crippen LogP contribution < -0.4 is 5.73 Å². The first kappa shape index (κ1) is 18.8. The number of ether oxygens (including phenoxy) is 3. The second-order valence-corrected chi connectivity index (χ2v) is 6.22. The summed E-state index contributed by atoms with van der Waals surface area (Å²) >= 11 is 0. The van der Waals surface area contributed by atoms with E-state index in [0.29, 0.717) is 32.5 Å². The molecule has 0 unspecified atom stereocenters. The zero-order valence-corrected chi connectivity index (χ0v) is 14.2. The minimum atomic E-state index is -0.667. The number of benzene rings is 1. The van der Waals surface area contributed by atoms with Crippen molar-refractivity contribution in [2.24, 2.45) is 11.7 Å². The van der Waals surface area contributed by atoms with Crippen molar-refractivity contribution in [1.29, 1.82) is 0 Å². The van der Waals surface area contributed by atoms with Gasteiger partial charge in [-0.1, -0.05) is 12.1 Å². The molecule has 0 spiro atoms. The molecule has 0 saturated carbocycles. The van der Waals surface area contributed by atoms with E-state index < -0.39 is 12.0 Å². The number of nitrogens with two attached hydrogens (primary N) is 1. The molecule has 1 saturated heterocycles. The van der Waals surface area contributed by atoms with E-state index in [1.807, 2.05) is 6.92 Å². The van der Waals surface area contributed by atoms with E-state index in [1.165, 1.54) is 12.1 Å². The summed E-state index contributed by atoms with van der Waals surface area (Å²) in [6.45, 7) is 2.81. The summed E-state index contributed by atoms with van der Waals surface area (Å²) in [6.07, 6.45) is 1.27. The predicted molar refractivity (Wildman–Crippen MR) is 88.0 cm³/mol. The smallest absolute Gasteiger partial charge is 0.323 e. The van der Waals surface area contributed by atoms with Crippen LogP contribution in [0.25, 0.3) is 0 Å². The van der Waals surface area contributed by atoms with Crippen LogP contribution in [0.5, 0.6) is 0 Å². The van der Waals surface area contributed by atoms with Crippen LogP contribution in [-0.2, 0) is 25.4 Å². The van der Waals surface area contributed by atoms with Crippen molar-refractivity contribution < 1.29 is 23.4 Å². The zero-order valence-electron chi connectivity index (χ0n) is 14.2. The largest absolute Gasteiger partial charge is 0.461 e. The van der Waals surface area contributed by atoms with Crippen molar-refractivity contribution in [3.05, 3.63) is 35.6 Å². The van der Waals surface area contributed by atoms with Crippen molar-refractivity contribution in [1.82, 2.24) is 0 Å². The van der Waals surface area contributed by atoms with Gasteiger partial charge in [0, 0.05) is 26.2 Å². The summed E-state index contributed by atoms with van der Waals surface area (Å²) < 4.78 is 29.8. The molecule has 5 nitrogen and oxygen atoms in total. The summed E-state index contributed by atoms with van der Waals surface area (Å²) in [5.41, 5.74) is 6.79. The van der Waals surface area contributed by atoms with Gasteiger partial charge in [0.05, 0.1) is 6.10 Å². The molecule has 0 bridgehead atoms. The molecule has 1 aromatic rings. The maximum absolute atomic E-state index is 13.1. The third-order valence-corrected chi connectivity index (χ3v) is 4.44. The number of esters is 1. The fourth-order valence-corrected chi connectivity index (χ4v) is 2.97. The number of hydrogen-bond donors (Lipinski definition) is 1. The number of cyclic esters (lactones) is 1. The molecule has 0 radical (unpaired) electrons. The number of halogens is 1. The molecule has 0 amide bonds. The number of carbonyl (C=O) groups excluding carboxylic acids is 1. The summed E-state index contributed by atoms with van der Waals surface area (Å²) in [5, 5.41) is 0. The first-order chi connectivity index (χ1) is 11.5. The fraction of sp³-hybridized carbons (Fsp3) is 0.611. The lowest BCUT2D eigenvalue weighted by Gasteiger charge is -2.31. The van der Waals surface area contributed by atoms with Crippen LogP contribution >= 0.6 is 0 Å². The van der Waals surface area contributed by atoms with E-state index in [0.717, 1.165) is 5.56 Å². The van der Waals surface area contributed by atoms with E-state index in [-0.39, 0.29) is 23.9 Å². The standard InChI is InChI=1S/C18H26FNO4/c1-12-15(11-13-3-5-14(19)6-4-13)17(8-9-22-2)23-10-7-16(20)18(21)24-12/h3-6,12,15-17H,7-11,20H2,1-2H3/t12-,15-,16-,17+/m0/s1. The first-order valence-corrected chi connectivity index (χ1v) is 8.32. The van der Waals surface area contributed by atoms with Gasteiger partial charge in [0.1, 0.15) is 18.0 Å². The van der Waals surface area contributed by atoms with Gasteiger partial charge in [-0.05, 0) is 43.9 Å². The molecule has 4 atom stereocenters. The average molecular weight is 339 g/mol. The van der Waals surface area contributed by atoms with Gasteiger partial charge in [0.25, 0.3) is 0 Å². The van der Waals surface area contributed by atoms with Crippen molar-refractivity contribution in [2.45, 2.75) is 44.4 Å². The van der Waals surface area contributed by atoms with Gasteiger partial charge in [-0.15, -0.1) is 0 Å². The minimum Gasteiger partial charge on any atom is -0.461 e. The molecule has 2 N–H and O–H groups in total. The van der Waals surface area contributed by atoms with Crippen LogP contribution in [0.1, 0.15) is 25.3 Å². The Morgan fingerprint density at radius 1 is 1.33 bits per heavy atom. The average Bonchev–Trinajstić information content (AvgIpc) is 2.60. The Hall–Kier alpha value is -1.50. The number of methoxy groups -OCH3 is 1. The molecule has 2 rings (SSSR count). The molecule has 134 valence electrons. The van der Waals surface area contributed by atoms with Crippen molar-refractivity contribution in [3.63, 3.8) is 0 Å². The molecule has 0 aromatic heterocycles. The number of hydrogen-bond acceptors (Lipinski definition) is 5. The Labute approximate surface area is 142 Å². The SMILES string of the molecule is COCC[C@H]1OCC[C@H](N)C(=O)O[C@@H](C)[C@@H]1Cc1ccc(F)cc1. The van der Waals surface area contributed by atoms with Crippen LogP contribution in [0.2, 0.25) is 0 Å². The minimum absolute atomic E-state index is 0.0557. The lowest BCUT2D eigenvalue weighted by molar-refractivity contribution is -0.153. The van der Waals surface area contributed by atoms with Gasteiger partial charge in [-0.3, -0.25) is 4.79 Å². The molecular formula is C18H26FNO4. The Morgan fingerprint density at radius 3 is 2.71 bits per heavy atom. The van der Waals surface area contributed by atoms with Gasteiger partial charge in [0.2, 0.25) is 0 Å². The fourth-order valence-electron chi connectivity index (χ4n) is 2.97. The summed E-state index contributed by atoms with van der Waals surface area (Å²) in [4.78, 5) is 12.0. The lowest BCUT2D eigenvalue weighted by atomic mass is 9.88. The highest BCUT2D eigenvalue weighted by molar-refractivity contribution is 5.75. The van der Waals surface area contributed by atoms with Crippen LogP contribution in [0.4, 0.5) is 4.39 Å². The normalized spacial score (nSPS) is 28.6. The number of rotatable bonds is 5. The quantitative estimate of drug-likeness (QED) is 0.832. The van der Waals surface area contributed by atoms with E-state index in [1.54, 1.807) is 19.2 Å². The van der Waals surface area contributed by atoms with Gasteiger partial charge in [-0.25, -0.2) is 4.39 Å². The first-order valence-electron chi connectivity index (χ1n) is 8.32. The Balaban J connectivity index is 2.19. The van der Waals surface area contributed by atoms with Crippen LogP contribution in [0.3, 0.4) is 0 Å². The highest BCUT2D eigenvalue weighted by Gasteiger charge is 2.33. The maximum Gasteiger partial charge on any atom is 0.323 e. The molecule has 24 heavy (non-hydrogen) atoms. The number of carbonyl (C=O) groups is 1. The van der Waals surface area contributed by atoms with Crippen LogP contribution in [-0.4, -0.2) is 44.5 Å². The van der Waals surface area contributed by atoms with Crippen molar-refractivity contribution in [2.75, 3.05) is 20.3 Å². The molecule has 6 heteroatoms. The Morgan fingerprint density at radius 2 is 2.04 bits per heavy atom. The molecule has 1 aromatic carbocycles. The molecule has 1 fully saturated rings. The van der Waals surface area contributed by atoms with E-state index in [4.69, 9.17) is 19.9 Å². The van der Waals surface area contributed by atoms with Crippen LogP contribution in [0, 0.1) is 11.7 Å². The molecule has 1 heterocycles. The van der Waals surface area contributed by atoms with Gasteiger partial charge in [-0.2, -0.15) is 0 Å². The van der Waals surface area contributed by atoms with Crippen molar-refractivity contribution in [3.8, 4) is 0 Å². The van der Waals surface area contributed by atoms with Crippen LogP contribution in [0.15, 0.2) is 24.3 Å². The molecule has 1 aliphatic rings. The topological polar surface area (TPSA) is 70.8 Å². The van der Waals surface area contributed by atoms with Gasteiger partial charge in [0.15, 0.2) is 0 Å². The Kier molecular flexibility index (Phi) is 7.15. The lowest BCUT2D eigenvalue weighted by Crippen LogP contribution is -2.38. The monoisotopic (exact) mass is 339 g/mol. The van der Waals surface area contributed by atoms with Gasteiger partial charge >= 0.3 is 5.97 Å². The van der Waals surface area contributed by atoms with E-state index >= 15 is 0 Å². The summed E-state index contributed by atoms with van der Waals surface area (Å²) in [7, 11) is 1.64. The molecule has 1 aliphatic heterocycles. The summed E-state index contributed by atoms with van der Waals surface area (Å²) in [6, 6.07) is 5.69. The second-order valence-electron chi connectivity index (χ2n) is 6.22. The predicted octanol–water partition coefficient (Wildman–Crippen LogP) is 2.07. The van der Waals surface area contributed by atoms with Gasteiger partial charge < -0.3 is 19.9 Å². The maximum atomic E-state index is 13.1. The third kappa shape index (κ3) is 5.26. The summed E-state index contributed by atoms with van der Waals surface area (Å²) in [5.74, 6) is -0.728. The Bertz CT molecular complexity index is 522.